The highest BCUT2D eigenvalue weighted by molar-refractivity contribution is 5.50. The van der Waals surface area contributed by atoms with E-state index in [2.05, 4.69) is 22.9 Å². The highest BCUT2D eigenvalue weighted by atomic mass is 15.1. The number of aromatic nitrogens is 1. The Morgan fingerprint density at radius 1 is 1.50 bits per heavy atom. The van der Waals surface area contributed by atoms with Crippen molar-refractivity contribution in [1.29, 1.82) is 0 Å². The van der Waals surface area contributed by atoms with Crippen LogP contribution in [0.1, 0.15) is 31.9 Å². The third kappa shape index (κ3) is 2.73. The van der Waals surface area contributed by atoms with E-state index >= 15 is 0 Å². The molecule has 1 heterocycles. The molecule has 0 amide bonds. The molecule has 1 aromatic heterocycles. The Morgan fingerprint density at radius 3 is 2.94 bits per heavy atom. The summed E-state index contributed by atoms with van der Waals surface area (Å²) in [6.07, 6.45) is 5.77. The van der Waals surface area contributed by atoms with Crippen LogP contribution in [0.4, 0.5) is 5.69 Å². The molecule has 3 nitrogen and oxygen atoms in total. The predicted octanol–water partition coefficient (Wildman–Crippen LogP) is 2.17. The van der Waals surface area contributed by atoms with Gasteiger partial charge in [0.25, 0.3) is 0 Å². The molecule has 2 N–H and O–H groups in total. The van der Waals surface area contributed by atoms with E-state index in [4.69, 9.17) is 5.73 Å². The van der Waals surface area contributed by atoms with E-state index in [1.54, 1.807) is 0 Å². The van der Waals surface area contributed by atoms with Crippen molar-refractivity contribution < 1.29 is 0 Å². The van der Waals surface area contributed by atoms with Crippen LogP contribution in [0.3, 0.4) is 0 Å². The average Bonchev–Trinajstić information content (AvgIpc) is 3.12. The molecule has 0 unspecified atom stereocenters. The van der Waals surface area contributed by atoms with Crippen LogP contribution in [0, 0.1) is 5.92 Å². The molecule has 0 bridgehead atoms. The summed E-state index contributed by atoms with van der Waals surface area (Å²) in [4.78, 5) is 6.81. The molecule has 1 fully saturated rings. The summed E-state index contributed by atoms with van der Waals surface area (Å²) >= 11 is 0. The van der Waals surface area contributed by atoms with Gasteiger partial charge >= 0.3 is 0 Å². The summed E-state index contributed by atoms with van der Waals surface area (Å²) in [6.45, 7) is 5.03. The second-order valence-electron chi connectivity index (χ2n) is 4.56. The summed E-state index contributed by atoms with van der Waals surface area (Å²) in [6, 6.07) is 4.15. The van der Waals surface area contributed by atoms with Crippen molar-refractivity contribution in [3.8, 4) is 0 Å². The summed E-state index contributed by atoms with van der Waals surface area (Å²) in [5.74, 6) is 0.900. The molecular weight excluding hydrogens is 198 g/mol. The lowest BCUT2D eigenvalue weighted by molar-refractivity contribution is 0.701. The zero-order chi connectivity index (χ0) is 11.4. The third-order valence-electron chi connectivity index (χ3n) is 3.07. The van der Waals surface area contributed by atoms with Crippen LogP contribution in [0.15, 0.2) is 18.3 Å². The van der Waals surface area contributed by atoms with E-state index in [0.717, 1.165) is 18.2 Å². The van der Waals surface area contributed by atoms with E-state index in [1.165, 1.54) is 31.5 Å². The lowest BCUT2D eigenvalue weighted by Gasteiger charge is -2.25. The molecule has 0 atom stereocenters. The van der Waals surface area contributed by atoms with Crippen molar-refractivity contribution in [2.24, 2.45) is 11.7 Å². The van der Waals surface area contributed by atoms with Gasteiger partial charge in [0.15, 0.2) is 0 Å². The lowest BCUT2D eigenvalue weighted by atomic mass is 10.2. The first-order valence-electron chi connectivity index (χ1n) is 6.24. The fourth-order valence-corrected chi connectivity index (χ4v) is 2.07. The third-order valence-corrected chi connectivity index (χ3v) is 3.07. The normalized spacial score (nSPS) is 15.1. The standard InChI is InChI=1S/C13H21N3/c1-2-8-16(10-11-5-6-11)13-4-3-7-15-12(13)9-14/h3-4,7,11H,2,5-6,8-10,14H2,1H3. The second kappa shape index (κ2) is 5.30. The van der Waals surface area contributed by atoms with Gasteiger partial charge in [0, 0.05) is 25.8 Å². The first kappa shape index (κ1) is 11.4. The summed E-state index contributed by atoms with van der Waals surface area (Å²) in [5.41, 5.74) is 8.00. The Bertz CT molecular complexity index is 334. The molecule has 16 heavy (non-hydrogen) atoms. The highest BCUT2D eigenvalue weighted by Gasteiger charge is 2.25. The van der Waals surface area contributed by atoms with Crippen molar-refractivity contribution >= 4 is 5.69 Å². The molecular formula is C13H21N3. The van der Waals surface area contributed by atoms with E-state index in [-0.39, 0.29) is 0 Å². The first-order valence-corrected chi connectivity index (χ1v) is 6.24. The Kier molecular flexibility index (Phi) is 3.78. The molecule has 0 spiro atoms. The number of pyridine rings is 1. The van der Waals surface area contributed by atoms with Gasteiger partial charge in [0.2, 0.25) is 0 Å². The zero-order valence-electron chi connectivity index (χ0n) is 10.0. The monoisotopic (exact) mass is 219 g/mol. The fraction of sp³-hybridized carbons (Fsp3) is 0.615. The minimum absolute atomic E-state index is 0.529. The maximum absolute atomic E-state index is 5.74. The first-order chi connectivity index (χ1) is 7.85. The molecule has 1 aliphatic rings. The maximum atomic E-state index is 5.74. The smallest absolute Gasteiger partial charge is 0.0772 e. The van der Waals surface area contributed by atoms with Gasteiger partial charge < -0.3 is 10.6 Å². The SMILES string of the molecule is CCCN(CC1CC1)c1cccnc1CN. The highest BCUT2D eigenvalue weighted by Crippen LogP contribution is 2.32. The number of hydrogen-bond donors (Lipinski definition) is 1. The number of nitrogens with zero attached hydrogens (tertiary/aromatic N) is 2. The Morgan fingerprint density at radius 2 is 2.31 bits per heavy atom. The molecule has 0 saturated heterocycles. The van der Waals surface area contributed by atoms with E-state index in [1.807, 2.05) is 12.3 Å². The molecule has 1 aromatic rings. The van der Waals surface area contributed by atoms with Crippen LogP contribution in [-0.2, 0) is 6.54 Å². The van der Waals surface area contributed by atoms with Crippen molar-refractivity contribution in [3.63, 3.8) is 0 Å². The fourth-order valence-electron chi connectivity index (χ4n) is 2.07. The van der Waals surface area contributed by atoms with Crippen LogP contribution in [0.25, 0.3) is 0 Å². The minimum atomic E-state index is 0.529. The summed E-state index contributed by atoms with van der Waals surface area (Å²) in [5, 5.41) is 0. The van der Waals surface area contributed by atoms with Crippen LogP contribution < -0.4 is 10.6 Å². The van der Waals surface area contributed by atoms with Gasteiger partial charge in [-0.15, -0.1) is 0 Å². The molecule has 88 valence electrons. The van der Waals surface area contributed by atoms with Crippen LogP contribution in [0.5, 0.6) is 0 Å². The van der Waals surface area contributed by atoms with Gasteiger partial charge in [-0.3, -0.25) is 4.98 Å². The van der Waals surface area contributed by atoms with Crippen molar-refractivity contribution in [2.75, 3.05) is 18.0 Å². The van der Waals surface area contributed by atoms with E-state index in [0.29, 0.717) is 6.54 Å². The number of rotatable bonds is 6. The Hall–Kier alpha value is -1.09. The molecule has 3 heteroatoms. The molecule has 0 aromatic carbocycles. The van der Waals surface area contributed by atoms with E-state index in [9.17, 15) is 0 Å². The van der Waals surface area contributed by atoms with Gasteiger partial charge in [0.1, 0.15) is 0 Å². The van der Waals surface area contributed by atoms with Crippen LogP contribution in [-0.4, -0.2) is 18.1 Å². The van der Waals surface area contributed by atoms with Gasteiger partial charge in [-0.25, -0.2) is 0 Å². The van der Waals surface area contributed by atoms with Gasteiger partial charge in [-0.1, -0.05) is 6.92 Å². The zero-order valence-corrected chi connectivity index (χ0v) is 10.0. The minimum Gasteiger partial charge on any atom is -0.370 e. The quantitative estimate of drug-likeness (QED) is 0.797. The Balaban J connectivity index is 2.14. The molecule has 0 radical (unpaired) electrons. The predicted molar refractivity (Wildman–Crippen MR) is 67.4 cm³/mol. The molecule has 2 rings (SSSR count). The maximum Gasteiger partial charge on any atom is 0.0772 e. The topological polar surface area (TPSA) is 42.2 Å². The van der Waals surface area contributed by atoms with Gasteiger partial charge in [-0.2, -0.15) is 0 Å². The van der Waals surface area contributed by atoms with Gasteiger partial charge in [-0.05, 0) is 37.3 Å². The van der Waals surface area contributed by atoms with Crippen LogP contribution >= 0.6 is 0 Å². The summed E-state index contributed by atoms with van der Waals surface area (Å²) < 4.78 is 0. The van der Waals surface area contributed by atoms with Gasteiger partial charge in [0.05, 0.1) is 11.4 Å². The van der Waals surface area contributed by atoms with Crippen molar-refractivity contribution in [2.45, 2.75) is 32.7 Å². The number of anilines is 1. The second-order valence-corrected chi connectivity index (χ2v) is 4.56. The molecule has 1 saturated carbocycles. The summed E-state index contributed by atoms with van der Waals surface area (Å²) in [7, 11) is 0. The number of nitrogens with two attached hydrogens (primary N) is 1. The van der Waals surface area contributed by atoms with Crippen LogP contribution in [0.2, 0.25) is 0 Å². The van der Waals surface area contributed by atoms with E-state index < -0.39 is 0 Å². The lowest BCUT2D eigenvalue weighted by Crippen LogP contribution is -2.28. The molecule has 1 aliphatic carbocycles. The number of hydrogen-bond acceptors (Lipinski definition) is 3. The largest absolute Gasteiger partial charge is 0.370 e. The van der Waals surface area contributed by atoms with Crippen molar-refractivity contribution in [1.82, 2.24) is 4.98 Å². The van der Waals surface area contributed by atoms with Crippen molar-refractivity contribution in [3.05, 3.63) is 24.0 Å². The average molecular weight is 219 g/mol. The Labute approximate surface area is 97.7 Å². The molecule has 0 aliphatic heterocycles.